The Morgan fingerprint density at radius 1 is 1.14 bits per heavy atom. The number of carbonyl (C=O) groups excluding carboxylic acids is 1. The average molecular weight is 307 g/mol. The predicted molar refractivity (Wildman–Crippen MR) is 89.4 cm³/mol. The molecule has 3 saturated carbocycles. The highest BCUT2D eigenvalue weighted by molar-refractivity contribution is 5.80. The fourth-order valence-electron chi connectivity index (χ4n) is 5.09. The van der Waals surface area contributed by atoms with Crippen LogP contribution in [0.1, 0.15) is 57.8 Å². The fraction of sp³-hybridized carbons (Fsp3) is 0.944. The maximum absolute atomic E-state index is 12.4. The topological polar surface area (TPSA) is 58.4 Å². The van der Waals surface area contributed by atoms with E-state index in [0.717, 1.165) is 25.6 Å². The Morgan fingerprint density at radius 3 is 2.55 bits per heavy atom. The van der Waals surface area contributed by atoms with Crippen molar-refractivity contribution >= 4 is 5.91 Å². The van der Waals surface area contributed by atoms with Crippen LogP contribution in [0.25, 0.3) is 0 Å². The van der Waals surface area contributed by atoms with E-state index in [1.807, 2.05) is 0 Å². The molecular formula is C18H33N3O. The summed E-state index contributed by atoms with van der Waals surface area (Å²) < 4.78 is 0. The van der Waals surface area contributed by atoms with Gasteiger partial charge in [0.25, 0.3) is 0 Å². The van der Waals surface area contributed by atoms with Crippen molar-refractivity contribution in [3.8, 4) is 0 Å². The molecule has 3 aliphatic rings. The fourth-order valence-corrected chi connectivity index (χ4v) is 5.09. The summed E-state index contributed by atoms with van der Waals surface area (Å²) in [5.74, 6) is 1.48. The van der Waals surface area contributed by atoms with Crippen LogP contribution in [0.15, 0.2) is 0 Å². The van der Waals surface area contributed by atoms with Gasteiger partial charge in [-0.25, -0.2) is 0 Å². The van der Waals surface area contributed by atoms with Crippen LogP contribution in [-0.2, 0) is 4.79 Å². The summed E-state index contributed by atoms with van der Waals surface area (Å²) >= 11 is 0. The highest BCUT2D eigenvalue weighted by Crippen LogP contribution is 2.47. The molecule has 0 radical (unpaired) electrons. The Hall–Kier alpha value is -0.610. The van der Waals surface area contributed by atoms with Gasteiger partial charge in [-0.05, 0) is 64.0 Å². The Kier molecular flexibility index (Phi) is 5.40. The normalized spacial score (nSPS) is 35.2. The summed E-state index contributed by atoms with van der Waals surface area (Å²) in [4.78, 5) is 14.9. The van der Waals surface area contributed by atoms with Crippen molar-refractivity contribution in [3.63, 3.8) is 0 Å². The van der Waals surface area contributed by atoms with Crippen LogP contribution in [0.5, 0.6) is 0 Å². The van der Waals surface area contributed by atoms with Gasteiger partial charge < -0.3 is 16.0 Å². The largest absolute Gasteiger partial charge is 0.356 e. The van der Waals surface area contributed by atoms with Crippen molar-refractivity contribution in [1.29, 1.82) is 0 Å². The van der Waals surface area contributed by atoms with Crippen molar-refractivity contribution in [3.05, 3.63) is 0 Å². The molecule has 4 heteroatoms. The second kappa shape index (κ2) is 7.31. The molecule has 0 heterocycles. The summed E-state index contributed by atoms with van der Waals surface area (Å²) in [5.41, 5.74) is 6.25. The number of hydrogen-bond acceptors (Lipinski definition) is 3. The highest BCUT2D eigenvalue weighted by Gasteiger charge is 2.48. The Bertz CT molecular complexity index is 379. The van der Waals surface area contributed by atoms with Crippen molar-refractivity contribution in [2.45, 2.75) is 69.9 Å². The molecular weight excluding hydrogens is 274 g/mol. The lowest BCUT2D eigenvalue weighted by Crippen LogP contribution is -2.45. The van der Waals surface area contributed by atoms with E-state index in [-0.39, 0.29) is 17.9 Å². The number of nitrogens with zero attached hydrogens (tertiary/aromatic N) is 1. The van der Waals surface area contributed by atoms with Crippen molar-refractivity contribution in [2.75, 3.05) is 20.1 Å². The summed E-state index contributed by atoms with van der Waals surface area (Å²) in [5, 5.41) is 3.15. The van der Waals surface area contributed by atoms with Gasteiger partial charge in [0, 0.05) is 18.6 Å². The molecule has 4 nitrogen and oxygen atoms in total. The van der Waals surface area contributed by atoms with Crippen LogP contribution >= 0.6 is 0 Å². The molecule has 0 saturated heterocycles. The van der Waals surface area contributed by atoms with Crippen molar-refractivity contribution in [2.24, 2.45) is 23.5 Å². The van der Waals surface area contributed by atoms with Crippen LogP contribution in [0, 0.1) is 17.8 Å². The van der Waals surface area contributed by atoms with Gasteiger partial charge in [-0.2, -0.15) is 0 Å². The molecule has 0 aromatic heterocycles. The van der Waals surface area contributed by atoms with Crippen LogP contribution < -0.4 is 11.1 Å². The third-order valence-electron chi connectivity index (χ3n) is 6.47. The molecule has 3 aliphatic carbocycles. The van der Waals surface area contributed by atoms with E-state index in [0.29, 0.717) is 11.8 Å². The monoisotopic (exact) mass is 307 g/mol. The van der Waals surface area contributed by atoms with E-state index in [2.05, 4.69) is 17.3 Å². The molecule has 3 N–H and O–H groups in total. The Balaban J connectivity index is 1.34. The molecule has 22 heavy (non-hydrogen) atoms. The number of fused-ring (bicyclic) bond motifs is 2. The van der Waals surface area contributed by atoms with Crippen LogP contribution in [0.4, 0.5) is 0 Å². The molecule has 126 valence electrons. The smallest absolute Gasteiger partial charge is 0.224 e. The number of carbonyl (C=O) groups is 1. The van der Waals surface area contributed by atoms with Gasteiger partial charge in [0.2, 0.25) is 5.91 Å². The first-order valence-corrected chi connectivity index (χ1v) is 9.40. The number of hydrogen-bond donors (Lipinski definition) is 2. The molecule has 4 unspecified atom stereocenters. The number of nitrogens with one attached hydrogen (secondary N) is 1. The van der Waals surface area contributed by atoms with Crippen molar-refractivity contribution < 1.29 is 4.79 Å². The first kappa shape index (κ1) is 16.3. The second-order valence-corrected chi connectivity index (χ2v) is 7.85. The van der Waals surface area contributed by atoms with Gasteiger partial charge in [-0.1, -0.05) is 19.3 Å². The molecule has 4 atom stereocenters. The molecule has 1 amide bonds. The number of nitrogens with two attached hydrogens (primary N) is 1. The third-order valence-corrected chi connectivity index (χ3v) is 6.47. The Labute approximate surface area is 135 Å². The van der Waals surface area contributed by atoms with Gasteiger partial charge >= 0.3 is 0 Å². The van der Waals surface area contributed by atoms with Gasteiger partial charge in [-0.3, -0.25) is 4.79 Å². The molecule has 3 fully saturated rings. The van der Waals surface area contributed by atoms with E-state index in [1.165, 1.54) is 51.4 Å². The maximum Gasteiger partial charge on any atom is 0.224 e. The number of rotatable bonds is 6. The molecule has 0 aliphatic heterocycles. The average Bonchev–Trinajstić information content (AvgIpc) is 3.13. The van der Waals surface area contributed by atoms with Crippen LogP contribution in [0.3, 0.4) is 0 Å². The summed E-state index contributed by atoms with van der Waals surface area (Å²) in [7, 11) is 2.24. The zero-order chi connectivity index (χ0) is 15.5. The lowest BCUT2D eigenvalue weighted by molar-refractivity contribution is -0.127. The molecule has 0 aromatic carbocycles. The van der Waals surface area contributed by atoms with Gasteiger partial charge in [0.15, 0.2) is 0 Å². The predicted octanol–water partition coefficient (Wildman–Crippen LogP) is 2.13. The zero-order valence-corrected chi connectivity index (χ0v) is 14.1. The third kappa shape index (κ3) is 3.48. The van der Waals surface area contributed by atoms with Crippen molar-refractivity contribution in [1.82, 2.24) is 10.2 Å². The van der Waals surface area contributed by atoms with Gasteiger partial charge in [0.1, 0.15) is 0 Å². The highest BCUT2D eigenvalue weighted by atomic mass is 16.1. The van der Waals surface area contributed by atoms with E-state index < -0.39 is 0 Å². The quantitative estimate of drug-likeness (QED) is 0.739. The minimum Gasteiger partial charge on any atom is -0.356 e. The minimum atomic E-state index is 0.0924. The SMILES string of the molecule is CN(CCCNC(=O)C1C2CCC(C2)C1N)C1CCCCC1. The molecule has 3 rings (SSSR count). The first-order valence-electron chi connectivity index (χ1n) is 9.40. The zero-order valence-electron chi connectivity index (χ0n) is 14.1. The minimum absolute atomic E-state index is 0.0924. The van der Waals surface area contributed by atoms with Crippen LogP contribution in [0.2, 0.25) is 0 Å². The standard InChI is InChI=1S/C18H33N3O/c1-21(15-6-3-2-4-7-15)11-5-10-20-18(22)16-13-8-9-14(12-13)17(16)19/h13-17H,2-12,19H2,1H3,(H,20,22). The number of amides is 1. The summed E-state index contributed by atoms with van der Waals surface area (Å²) in [6.07, 6.45) is 11.6. The van der Waals surface area contributed by atoms with Crippen LogP contribution in [-0.4, -0.2) is 43.0 Å². The maximum atomic E-state index is 12.4. The van der Waals surface area contributed by atoms with E-state index >= 15 is 0 Å². The van der Waals surface area contributed by atoms with Gasteiger partial charge in [-0.15, -0.1) is 0 Å². The Morgan fingerprint density at radius 2 is 1.86 bits per heavy atom. The lowest BCUT2D eigenvalue weighted by Gasteiger charge is -2.31. The molecule has 0 spiro atoms. The summed E-state index contributed by atoms with van der Waals surface area (Å²) in [6, 6.07) is 0.882. The molecule has 0 aromatic rings. The van der Waals surface area contributed by atoms with E-state index in [9.17, 15) is 4.79 Å². The van der Waals surface area contributed by atoms with E-state index in [1.54, 1.807) is 0 Å². The van der Waals surface area contributed by atoms with Gasteiger partial charge in [0.05, 0.1) is 5.92 Å². The lowest BCUT2D eigenvalue weighted by atomic mass is 9.84. The summed E-state index contributed by atoms with van der Waals surface area (Å²) in [6.45, 7) is 1.89. The molecule has 2 bridgehead atoms. The van der Waals surface area contributed by atoms with E-state index in [4.69, 9.17) is 5.73 Å². The second-order valence-electron chi connectivity index (χ2n) is 7.85. The first-order chi connectivity index (χ1) is 10.7.